The Kier molecular flexibility index (Phi) is 6.14. The molecule has 6 nitrogen and oxygen atoms in total. The monoisotopic (exact) mass is 361 g/mol. The number of aliphatic carboxylic acids is 1. The summed E-state index contributed by atoms with van der Waals surface area (Å²) in [5.41, 5.74) is 0.520. The lowest BCUT2D eigenvalue weighted by Crippen LogP contribution is -2.46. The first-order chi connectivity index (χ1) is 12.6. The Morgan fingerprint density at radius 3 is 2.58 bits per heavy atom. The maximum absolute atomic E-state index is 13.0. The van der Waals surface area contributed by atoms with Crippen molar-refractivity contribution < 1.29 is 24.2 Å². The van der Waals surface area contributed by atoms with Crippen LogP contribution in [0.15, 0.2) is 24.3 Å². The van der Waals surface area contributed by atoms with E-state index < -0.39 is 12.0 Å². The highest BCUT2D eigenvalue weighted by atomic mass is 16.5. The van der Waals surface area contributed by atoms with Gasteiger partial charge in [0.1, 0.15) is 11.8 Å². The summed E-state index contributed by atoms with van der Waals surface area (Å²) in [6.07, 6.45) is 5.49. The number of rotatable bonds is 7. The van der Waals surface area contributed by atoms with Crippen LogP contribution in [0.25, 0.3) is 0 Å². The second-order valence-corrected chi connectivity index (χ2v) is 7.13. The van der Waals surface area contributed by atoms with Crippen LogP contribution in [0.2, 0.25) is 0 Å². The van der Waals surface area contributed by atoms with E-state index >= 15 is 0 Å². The van der Waals surface area contributed by atoms with Gasteiger partial charge in [0.05, 0.1) is 6.61 Å². The highest BCUT2D eigenvalue weighted by Crippen LogP contribution is 2.40. The summed E-state index contributed by atoms with van der Waals surface area (Å²) in [6, 6.07) is 6.34. The van der Waals surface area contributed by atoms with E-state index in [1.54, 1.807) is 36.3 Å². The molecule has 142 valence electrons. The predicted octanol–water partition coefficient (Wildman–Crippen LogP) is 2.96. The minimum absolute atomic E-state index is 0.0577. The van der Waals surface area contributed by atoms with Crippen LogP contribution in [0.3, 0.4) is 0 Å². The molecule has 1 saturated carbocycles. The van der Waals surface area contributed by atoms with E-state index in [1.807, 2.05) is 0 Å². The van der Waals surface area contributed by atoms with E-state index in [9.17, 15) is 14.7 Å². The van der Waals surface area contributed by atoms with E-state index in [0.717, 1.165) is 32.1 Å². The summed E-state index contributed by atoms with van der Waals surface area (Å²) in [4.78, 5) is 26.4. The van der Waals surface area contributed by atoms with E-state index in [0.29, 0.717) is 36.9 Å². The standard InChI is InChI=1S/C20H27NO5/c1-25-11-4-12-26-16-9-7-14(8-10-16)19(22)21-17-6-3-2-5-15(17)13-18(21)20(23)24/h7-10,15,17-18H,2-6,11-13H2,1H3,(H,23,24). The first-order valence-electron chi connectivity index (χ1n) is 9.39. The number of nitrogens with zero attached hydrogens (tertiary/aromatic N) is 1. The third-order valence-electron chi connectivity index (χ3n) is 5.47. The number of amides is 1. The van der Waals surface area contributed by atoms with E-state index in [1.165, 1.54) is 0 Å². The predicted molar refractivity (Wildman–Crippen MR) is 96.4 cm³/mol. The quantitative estimate of drug-likeness (QED) is 0.756. The minimum Gasteiger partial charge on any atom is -0.494 e. The number of hydrogen-bond acceptors (Lipinski definition) is 4. The van der Waals surface area contributed by atoms with Gasteiger partial charge in [-0.25, -0.2) is 4.79 Å². The van der Waals surface area contributed by atoms with Crippen LogP contribution in [0.4, 0.5) is 0 Å². The van der Waals surface area contributed by atoms with Gasteiger partial charge in [0.2, 0.25) is 0 Å². The number of carboxylic acids is 1. The molecule has 1 saturated heterocycles. The van der Waals surface area contributed by atoms with Gasteiger partial charge in [-0.2, -0.15) is 0 Å². The van der Waals surface area contributed by atoms with Gasteiger partial charge in [-0.1, -0.05) is 12.8 Å². The Morgan fingerprint density at radius 1 is 1.15 bits per heavy atom. The Morgan fingerprint density at radius 2 is 1.88 bits per heavy atom. The molecule has 2 fully saturated rings. The second kappa shape index (κ2) is 8.54. The third kappa shape index (κ3) is 4.01. The van der Waals surface area contributed by atoms with Gasteiger partial charge in [-0.05, 0) is 49.4 Å². The summed E-state index contributed by atoms with van der Waals surface area (Å²) in [6.45, 7) is 1.20. The number of fused-ring (bicyclic) bond motifs is 1. The fraction of sp³-hybridized carbons (Fsp3) is 0.600. The van der Waals surface area contributed by atoms with Gasteiger partial charge in [0.15, 0.2) is 0 Å². The largest absolute Gasteiger partial charge is 0.494 e. The van der Waals surface area contributed by atoms with E-state index in [-0.39, 0.29) is 11.9 Å². The van der Waals surface area contributed by atoms with Crippen LogP contribution in [0.5, 0.6) is 5.75 Å². The van der Waals surface area contributed by atoms with E-state index in [2.05, 4.69) is 0 Å². The zero-order chi connectivity index (χ0) is 18.5. The van der Waals surface area contributed by atoms with Crippen LogP contribution in [0, 0.1) is 5.92 Å². The Balaban J connectivity index is 1.69. The second-order valence-electron chi connectivity index (χ2n) is 7.13. The number of carboxylic acid groups (broad SMARTS) is 1. The highest BCUT2D eigenvalue weighted by Gasteiger charge is 2.47. The minimum atomic E-state index is -0.897. The average Bonchev–Trinajstić information content (AvgIpc) is 3.05. The topological polar surface area (TPSA) is 76.1 Å². The van der Waals surface area contributed by atoms with Crippen molar-refractivity contribution >= 4 is 11.9 Å². The number of carbonyl (C=O) groups excluding carboxylic acids is 1. The molecule has 1 aliphatic carbocycles. The van der Waals surface area contributed by atoms with Gasteiger partial charge in [-0.15, -0.1) is 0 Å². The number of ether oxygens (including phenoxy) is 2. The number of methoxy groups -OCH3 is 1. The van der Waals surface area contributed by atoms with Crippen molar-refractivity contribution in [3.05, 3.63) is 29.8 Å². The Hall–Kier alpha value is -2.08. The van der Waals surface area contributed by atoms with Crippen LogP contribution < -0.4 is 4.74 Å². The molecular weight excluding hydrogens is 334 g/mol. The molecule has 26 heavy (non-hydrogen) atoms. The molecule has 6 heteroatoms. The summed E-state index contributed by atoms with van der Waals surface area (Å²) in [5.74, 6) is -0.0647. The van der Waals surface area contributed by atoms with Crippen LogP contribution in [0.1, 0.15) is 48.9 Å². The molecule has 3 rings (SSSR count). The molecule has 0 bridgehead atoms. The zero-order valence-corrected chi connectivity index (χ0v) is 15.2. The fourth-order valence-electron chi connectivity index (χ4n) is 4.21. The average molecular weight is 361 g/mol. The molecule has 1 heterocycles. The molecule has 1 N–H and O–H groups in total. The maximum atomic E-state index is 13.0. The lowest BCUT2D eigenvalue weighted by molar-refractivity contribution is -0.141. The summed E-state index contributed by atoms with van der Waals surface area (Å²) < 4.78 is 10.6. The SMILES string of the molecule is COCCCOc1ccc(C(=O)N2C(C(=O)O)CC3CCCCC32)cc1. The fourth-order valence-corrected chi connectivity index (χ4v) is 4.21. The lowest BCUT2D eigenvalue weighted by Gasteiger charge is -2.33. The van der Waals surface area contributed by atoms with Crippen molar-refractivity contribution in [3.63, 3.8) is 0 Å². The molecule has 0 aromatic heterocycles. The van der Waals surface area contributed by atoms with Gasteiger partial charge < -0.3 is 19.5 Å². The molecule has 0 spiro atoms. The smallest absolute Gasteiger partial charge is 0.326 e. The van der Waals surface area contributed by atoms with Crippen molar-refractivity contribution in [2.24, 2.45) is 5.92 Å². The first kappa shape index (κ1) is 18.7. The number of likely N-dealkylation sites (tertiary alicyclic amines) is 1. The molecule has 1 aliphatic heterocycles. The van der Waals surface area contributed by atoms with Crippen molar-refractivity contribution in [2.45, 2.75) is 50.6 Å². The van der Waals surface area contributed by atoms with Crippen molar-refractivity contribution in [1.29, 1.82) is 0 Å². The molecular formula is C20H27NO5. The van der Waals surface area contributed by atoms with Gasteiger partial charge in [-0.3, -0.25) is 4.79 Å². The molecule has 3 atom stereocenters. The highest BCUT2D eigenvalue weighted by molar-refractivity contribution is 5.97. The van der Waals surface area contributed by atoms with Crippen LogP contribution in [-0.4, -0.2) is 54.3 Å². The number of hydrogen-bond donors (Lipinski definition) is 1. The number of carbonyl (C=O) groups is 2. The van der Waals surface area contributed by atoms with Crippen molar-refractivity contribution in [1.82, 2.24) is 4.90 Å². The van der Waals surface area contributed by atoms with Crippen LogP contribution >= 0.6 is 0 Å². The molecule has 3 unspecified atom stereocenters. The zero-order valence-electron chi connectivity index (χ0n) is 15.2. The summed E-state index contributed by atoms with van der Waals surface area (Å²) in [7, 11) is 1.65. The Labute approximate surface area is 154 Å². The number of benzene rings is 1. The molecule has 1 amide bonds. The molecule has 2 aliphatic rings. The van der Waals surface area contributed by atoms with Gasteiger partial charge in [0, 0.05) is 31.7 Å². The first-order valence-corrected chi connectivity index (χ1v) is 9.39. The summed E-state index contributed by atoms with van der Waals surface area (Å²) >= 11 is 0. The van der Waals surface area contributed by atoms with Crippen molar-refractivity contribution in [3.8, 4) is 5.75 Å². The normalized spacial score (nSPS) is 25.0. The van der Waals surface area contributed by atoms with E-state index in [4.69, 9.17) is 9.47 Å². The summed E-state index contributed by atoms with van der Waals surface area (Å²) in [5, 5.41) is 9.59. The molecule has 1 aromatic rings. The van der Waals surface area contributed by atoms with Gasteiger partial charge >= 0.3 is 5.97 Å². The Bertz CT molecular complexity index is 630. The van der Waals surface area contributed by atoms with Crippen LogP contribution in [-0.2, 0) is 9.53 Å². The van der Waals surface area contributed by atoms with Gasteiger partial charge in [0.25, 0.3) is 5.91 Å². The van der Waals surface area contributed by atoms with Crippen molar-refractivity contribution in [2.75, 3.05) is 20.3 Å². The third-order valence-corrected chi connectivity index (χ3v) is 5.47. The maximum Gasteiger partial charge on any atom is 0.326 e. The molecule has 0 radical (unpaired) electrons. The lowest BCUT2D eigenvalue weighted by atomic mass is 9.84. The molecule has 1 aromatic carbocycles.